The predicted octanol–water partition coefficient (Wildman–Crippen LogP) is 1.85. The summed E-state index contributed by atoms with van der Waals surface area (Å²) in [4.78, 5) is 23.9. The zero-order valence-electron chi connectivity index (χ0n) is 13.7. The molecule has 2 fully saturated rings. The number of amides is 1. The lowest BCUT2D eigenvalue weighted by Gasteiger charge is -2.34. The fraction of sp³-hybridized carbons (Fsp3) is 0.647. The Morgan fingerprint density at radius 3 is 2.68 bits per heavy atom. The van der Waals surface area contributed by atoms with E-state index in [1.54, 1.807) is 6.20 Å². The predicted molar refractivity (Wildman–Crippen MR) is 88.3 cm³/mol. The third kappa shape index (κ3) is 3.24. The summed E-state index contributed by atoms with van der Waals surface area (Å²) in [5.74, 6) is 1.09. The van der Waals surface area contributed by atoms with Gasteiger partial charge in [-0.2, -0.15) is 0 Å². The second kappa shape index (κ2) is 6.65. The SMILES string of the molecule is CC1CCCCN1C(=O)c1ccnc(N2CCN(C)CC2)c1. The summed E-state index contributed by atoms with van der Waals surface area (Å²) in [6, 6.07) is 4.17. The largest absolute Gasteiger partial charge is 0.354 e. The monoisotopic (exact) mass is 302 g/mol. The summed E-state index contributed by atoms with van der Waals surface area (Å²) in [5.41, 5.74) is 0.776. The van der Waals surface area contributed by atoms with Gasteiger partial charge in [0.25, 0.3) is 5.91 Å². The van der Waals surface area contributed by atoms with Crippen molar-refractivity contribution in [1.29, 1.82) is 0 Å². The Kier molecular flexibility index (Phi) is 4.62. The van der Waals surface area contributed by atoms with Crippen LogP contribution in [0.15, 0.2) is 18.3 Å². The zero-order chi connectivity index (χ0) is 15.5. The van der Waals surface area contributed by atoms with Crippen LogP contribution in [0.3, 0.4) is 0 Å². The number of hydrogen-bond donors (Lipinski definition) is 0. The van der Waals surface area contributed by atoms with Gasteiger partial charge in [0.2, 0.25) is 0 Å². The summed E-state index contributed by atoms with van der Waals surface area (Å²) in [7, 11) is 2.14. The minimum atomic E-state index is 0.157. The molecule has 3 heterocycles. The maximum atomic E-state index is 12.8. The van der Waals surface area contributed by atoms with Crippen LogP contribution in [0.1, 0.15) is 36.5 Å². The van der Waals surface area contributed by atoms with E-state index < -0.39 is 0 Å². The maximum Gasteiger partial charge on any atom is 0.254 e. The molecule has 2 aliphatic heterocycles. The summed E-state index contributed by atoms with van der Waals surface area (Å²) in [5, 5.41) is 0. The number of carbonyl (C=O) groups excluding carboxylic acids is 1. The lowest BCUT2D eigenvalue weighted by Crippen LogP contribution is -2.45. The van der Waals surface area contributed by atoms with Crippen molar-refractivity contribution >= 4 is 11.7 Å². The van der Waals surface area contributed by atoms with E-state index >= 15 is 0 Å². The molecule has 2 saturated heterocycles. The molecule has 1 aromatic heterocycles. The third-order valence-electron chi connectivity index (χ3n) is 4.88. The first-order valence-corrected chi connectivity index (χ1v) is 8.35. The molecule has 3 rings (SSSR count). The molecular formula is C17H26N4O. The van der Waals surface area contributed by atoms with Crippen LogP contribution < -0.4 is 4.90 Å². The van der Waals surface area contributed by atoms with Gasteiger partial charge in [-0.15, -0.1) is 0 Å². The third-order valence-corrected chi connectivity index (χ3v) is 4.88. The number of carbonyl (C=O) groups is 1. The van der Waals surface area contributed by atoms with Gasteiger partial charge in [0, 0.05) is 50.5 Å². The number of hydrogen-bond acceptors (Lipinski definition) is 4. The van der Waals surface area contributed by atoms with Gasteiger partial charge in [0.05, 0.1) is 0 Å². The second-order valence-electron chi connectivity index (χ2n) is 6.54. The van der Waals surface area contributed by atoms with Crippen LogP contribution in [0.4, 0.5) is 5.82 Å². The van der Waals surface area contributed by atoms with Gasteiger partial charge in [-0.05, 0) is 45.4 Å². The van der Waals surface area contributed by atoms with E-state index in [0.717, 1.165) is 56.9 Å². The normalized spacial score (nSPS) is 23.6. The molecular weight excluding hydrogens is 276 g/mol. The number of pyridine rings is 1. The fourth-order valence-corrected chi connectivity index (χ4v) is 3.33. The van der Waals surface area contributed by atoms with Gasteiger partial charge in [0.1, 0.15) is 5.82 Å². The van der Waals surface area contributed by atoms with E-state index in [4.69, 9.17) is 0 Å². The molecule has 0 bridgehead atoms. The van der Waals surface area contributed by atoms with Gasteiger partial charge in [-0.1, -0.05) is 0 Å². The van der Waals surface area contributed by atoms with Crippen molar-refractivity contribution in [2.45, 2.75) is 32.2 Å². The molecule has 1 amide bonds. The average molecular weight is 302 g/mol. The molecule has 0 N–H and O–H groups in total. The van der Waals surface area contributed by atoms with Crippen molar-refractivity contribution in [2.75, 3.05) is 44.7 Å². The number of rotatable bonds is 2. The van der Waals surface area contributed by atoms with E-state index in [1.165, 1.54) is 6.42 Å². The van der Waals surface area contributed by atoms with Crippen molar-refractivity contribution in [2.24, 2.45) is 0 Å². The van der Waals surface area contributed by atoms with Crippen molar-refractivity contribution < 1.29 is 4.79 Å². The average Bonchev–Trinajstić information content (AvgIpc) is 2.55. The van der Waals surface area contributed by atoms with E-state index in [2.05, 4.69) is 28.8 Å². The highest BCUT2D eigenvalue weighted by Crippen LogP contribution is 2.21. The molecule has 120 valence electrons. The highest BCUT2D eigenvalue weighted by Gasteiger charge is 2.25. The number of piperidine rings is 1. The van der Waals surface area contributed by atoms with Crippen molar-refractivity contribution in [3.63, 3.8) is 0 Å². The molecule has 5 nitrogen and oxygen atoms in total. The molecule has 2 aliphatic rings. The van der Waals surface area contributed by atoms with E-state index in [0.29, 0.717) is 6.04 Å². The van der Waals surface area contributed by atoms with Crippen LogP contribution >= 0.6 is 0 Å². The maximum absolute atomic E-state index is 12.8. The van der Waals surface area contributed by atoms with Crippen LogP contribution in [0.5, 0.6) is 0 Å². The van der Waals surface area contributed by atoms with E-state index in [-0.39, 0.29) is 5.91 Å². The van der Waals surface area contributed by atoms with Crippen molar-refractivity contribution in [3.8, 4) is 0 Å². The Bertz CT molecular complexity index is 525. The molecule has 0 aromatic carbocycles. The topological polar surface area (TPSA) is 39.7 Å². The standard InChI is InChI=1S/C17H26N4O/c1-14-5-3-4-8-21(14)17(22)15-6-7-18-16(13-15)20-11-9-19(2)10-12-20/h6-7,13-14H,3-5,8-12H2,1-2H3. The molecule has 22 heavy (non-hydrogen) atoms. The van der Waals surface area contributed by atoms with Crippen LogP contribution in [0, 0.1) is 0 Å². The van der Waals surface area contributed by atoms with E-state index in [9.17, 15) is 4.79 Å². The molecule has 1 aromatic rings. The molecule has 0 aliphatic carbocycles. The molecule has 1 unspecified atom stereocenters. The summed E-state index contributed by atoms with van der Waals surface area (Å²) < 4.78 is 0. The molecule has 1 atom stereocenters. The number of likely N-dealkylation sites (N-methyl/N-ethyl adjacent to an activating group) is 1. The molecule has 0 saturated carbocycles. The van der Waals surface area contributed by atoms with Gasteiger partial charge >= 0.3 is 0 Å². The second-order valence-corrected chi connectivity index (χ2v) is 6.54. The van der Waals surface area contributed by atoms with Gasteiger partial charge in [-0.3, -0.25) is 4.79 Å². The van der Waals surface area contributed by atoms with Crippen molar-refractivity contribution in [1.82, 2.24) is 14.8 Å². The van der Waals surface area contributed by atoms with Crippen molar-refractivity contribution in [3.05, 3.63) is 23.9 Å². The summed E-state index contributed by atoms with van der Waals surface area (Å²) in [6.45, 7) is 7.07. The Morgan fingerprint density at radius 2 is 1.95 bits per heavy atom. The minimum Gasteiger partial charge on any atom is -0.354 e. The van der Waals surface area contributed by atoms with E-state index in [1.807, 2.05) is 17.0 Å². The molecule has 0 spiro atoms. The number of likely N-dealkylation sites (tertiary alicyclic amines) is 1. The van der Waals surface area contributed by atoms with Crippen LogP contribution in [-0.2, 0) is 0 Å². The lowest BCUT2D eigenvalue weighted by molar-refractivity contribution is 0.0635. The smallest absolute Gasteiger partial charge is 0.254 e. The van der Waals surface area contributed by atoms with Gasteiger partial charge in [0.15, 0.2) is 0 Å². The number of piperazine rings is 1. The molecule has 0 radical (unpaired) electrons. The molecule has 5 heteroatoms. The minimum absolute atomic E-state index is 0.157. The highest BCUT2D eigenvalue weighted by atomic mass is 16.2. The summed E-state index contributed by atoms with van der Waals surface area (Å²) >= 11 is 0. The Hall–Kier alpha value is -1.62. The fourth-order valence-electron chi connectivity index (χ4n) is 3.33. The van der Waals surface area contributed by atoms with Gasteiger partial charge in [-0.25, -0.2) is 4.98 Å². The van der Waals surface area contributed by atoms with Crippen LogP contribution in [-0.4, -0.2) is 66.5 Å². The number of aromatic nitrogens is 1. The first-order chi connectivity index (χ1) is 10.6. The first-order valence-electron chi connectivity index (χ1n) is 8.35. The number of anilines is 1. The lowest BCUT2D eigenvalue weighted by atomic mass is 10.0. The number of nitrogens with zero attached hydrogens (tertiary/aromatic N) is 4. The van der Waals surface area contributed by atoms with Crippen LogP contribution in [0.2, 0.25) is 0 Å². The zero-order valence-corrected chi connectivity index (χ0v) is 13.7. The Labute approximate surface area is 132 Å². The Balaban J connectivity index is 1.74. The highest BCUT2D eigenvalue weighted by molar-refractivity contribution is 5.95. The van der Waals surface area contributed by atoms with Crippen LogP contribution in [0.25, 0.3) is 0 Å². The quantitative estimate of drug-likeness (QED) is 0.836. The first kappa shape index (κ1) is 15.3. The van der Waals surface area contributed by atoms with Gasteiger partial charge < -0.3 is 14.7 Å². The summed E-state index contributed by atoms with van der Waals surface area (Å²) in [6.07, 6.45) is 5.23. The Morgan fingerprint density at radius 1 is 1.18 bits per heavy atom.